The lowest BCUT2D eigenvalue weighted by Crippen LogP contribution is -2.24. The molecule has 0 aromatic carbocycles. The number of nitrogens with zero attached hydrogens (tertiary/aromatic N) is 4. The van der Waals surface area contributed by atoms with Crippen molar-refractivity contribution >= 4 is 11.8 Å². The molecule has 1 aromatic rings. The van der Waals surface area contributed by atoms with Gasteiger partial charge in [0.05, 0.1) is 13.2 Å². The summed E-state index contributed by atoms with van der Waals surface area (Å²) in [4.78, 5) is 0. The van der Waals surface area contributed by atoms with Crippen LogP contribution in [0.4, 0.5) is 0 Å². The van der Waals surface area contributed by atoms with Gasteiger partial charge in [0.25, 0.3) is 0 Å². The number of hydrogen-bond acceptors (Lipinski definition) is 6. The van der Waals surface area contributed by atoms with Crippen molar-refractivity contribution in [3.63, 3.8) is 0 Å². The Bertz CT molecular complexity index is 294. The fourth-order valence-corrected chi connectivity index (χ4v) is 2.22. The molecule has 98 valence electrons. The second kappa shape index (κ2) is 9.38. The molecule has 7 heteroatoms. The van der Waals surface area contributed by atoms with E-state index in [9.17, 15) is 0 Å². The van der Waals surface area contributed by atoms with Gasteiger partial charge in [-0.05, 0) is 16.8 Å². The van der Waals surface area contributed by atoms with Crippen molar-refractivity contribution in [2.45, 2.75) is 31.5 Å². The summed E-state index contributed by atoms with van der Waals surface area (Å²) in [5, 5.41) is 15.9. The summed E-state index contributed by atoms with van der Waals surface area (Å²) in [5.74, 6) is 1.08. The zero-order valence-electron chi connectivity index (χ0n) is 10.6. The van der Waals surface area contributed by atoms with Gasteiger partial charge in [0.2, 0.25) is 5.16 Å². The minimum atomic E-state index is 0.730. The molecular formula is C10H21N5OS. The summed E-state index contributed by atoms with van der Waals surface area (Å²) in [6.07, 6.45) is 2.40. The minimum absolute atomic E-state index is 0.730. The number of thioether (sulfide) groups is 1. The Morgan fingerprint density at radius 3 is 3.06 bits per heavy atom. The third kappa shape index (κ3) is 5.99. The normalized spacial score (nSPS) is 10.9. The lowest BCUT2D eigenvalue weighted by atomic mass is 10.4. The fourth-order valence-electron chi connectivity index (χ4n) is 1.23. The molecule has 0 saturated heterocycles. The lowest BCUT2D eigenvalue weighted by Gasteiger charge is -2.05. The second-order valence-electron chi connectivity index (χ2n) is 3.63. The van der Waals surface area contributed by atoms with Crippen molar-refractivity contribution in [1.29, 1.82) is 0 Å². The van der Waals surface area contributed by atoms with Crippen LogP contribution in [0, 0.1) is 0 Å². The van der Waals surface area contributed by atoms with Crippen molar-refractivity contribution < 1.29 is 4.74 Å². The number of methoxy groups -OCH3 is 1. The number of rotatable bonds is 10. The molecule has 0 spiro atoms. The van der Waals surface area contributed by atoms with Crippen LogP contribution in [0.5, 0.6) is 0 Å². The number of nitrogens with one attached hydrogen (secondary N) is 1. The fraction of sp³-hybridized carbons (Fsp3) is 0.900. The first kappa shape index (κ1) is 14.4. The molecule has 17 heavy (non-hydrogen) atoms. The molecule has 0 bridgehead atoms. The van der Waals surface area contributed by atoms with Crippen LogP contribution in [0.1, 0.15) is 19.8 Å². The number of tetrazole rings is 1. The molecule has 0 aliphatic rings. The van der Waals surface area contributed by atoms with Crippen LogP contribution in [-0.2, 0) is 11.3 Å². The minimum Gasteiger partial charge on any atom is -0.383 e. The van der Waals surface area contributed by atoms with Gasteiger partial charge in [-0.25, -0.2) is 4.68 Å². The lowest BCUT2D eigenvalue weighted by molar-refractivity contribution is 0.199. The van der Waals surface area contributed by atoms with Crippen molar-refractivity contribution in [3.05, 3.63) is 0 Å². The number of ether oxygens (including phenoxy) is 1. The Morgan fingerprint density at radius 2 is 2.29 bits per heavy atom. The summed E-state index contributed by atoms with van der Waals surface area (Å²) in [6.45, 7) is 5.43. The van der Waals surface area contributed by atoms with Crippen LogP contribution in [0.2, 0.25) is 0 Å². The van der Waals surface area contributed by atoms with Gasteiger partial charge in [0.15, 0.2) is 0 Å². The zero-order valence-corrected chi connectivity index (χ0v) is 11.4. The summed E-state index contributed by atoms with van der Waals surface area (Å²) >= 11 is 1.72. The Kier molecular flexibility index (Phi) is 7.94. The third-order valence-corrected chi connectivity index (χ3v) is 3.25. The third-order valence-electron chi connectivity index (χ3n) is 2.21. The van der Waals surface area contributed by atoms with Crippen molar-refractivity contribution in [1.82, 2.24) is 25.5 Å². The quantitative estimate of drug-likeness (QED) is 0.495. The first-order valence-electron chi connectivity index (χ1n) is 5.97. The smallest absolute Gasteiger partial charge is 0.209 e. The molecule has 0 radical (unpaired) electrons. The van der Waals surface area contributed by atoms with Gasteiger partial charge < -0.3 is 10.1 Å². The van der Waals surface area contributed by atoms with Gasteiger partial charge >= 0.3 is 0 Å². The first-order chi connectivity index (χ1) is 8.38. The second-order valence-corrected chi connectivity index (χ2v) is 4.69. The maximum absolute atomic E-state index is 4.95. The van der Waals surface area contributed by atoms with Gasteiger partial charge in [0, 0.05) is 26.0 Å². The molecular weight excluding hydrogens is 238 g/mol. The van der Waals surface area contributed by atoms with Gasteiger partial charge in [-0.15, -0.1) is 5.10 Å². The standard InChI is InChI=1S/C10H21N5OS/c1-3-4-9-17-10-12-13-14-15(10)7-5-11-6-8-16-2/h11H,3-9H2,1-2H3. The van der Waals surface area contributed by atoms with E-state index in [1.165, 1.54) is 12.8 Å². The summed E-state index contributed by atoms with van der Waals surface area (Å²) < 4.78 is 6.80. The first-order valence-corrected chi connectivity index (χ1v) is 6.95. The van der Waals surface area contributed by atoms with E-state index >= 15 is 0 Å². The maximum Gasteiger partial charge on any atom is 0.209 e. The van der Waals surface area contributed by atoms with Crippen LogP contribution in [0.3, 0.4) is 0 Å². The van der Waals surface area contributed by atoms with Gasteiger partial charge in [-0.3, -0.25) is 0 Å². The molecule has 0 amide bonds. The molecule has 1 heterocycles. The summed E-state index contributed by atoms with van der Waals surface area (Å²) in [6, 6.07) is 0. The largest absolute Gasteiger partial charge is 0.383 e. The predicted molar refractivity (Wildman–Crippen MR) is 68.2 cm³/mol. The Hall–Kier alpha value is -0.660. The van der Waals surface area contributed by atoms with Crippen LogP contribution in [0.25, 0.3) is 0 Å². The van der Waals surface area contributed by atoms with E-state index < -0.39 is 0 Å². The Balaban J connectivity index is 2.20. The monoisotopic (exact) mass is 259 g/mol. The van der Waals surface area contributed by atoms with Gasteiger partial charge in [0.1, 0.15) is 0 Å². The SMILES string of the molecule is CCCCSc1nnnn1CCNCCOC. The van der Waals surface area contributed by atoms with E-state index in [2.05, 4.69) is 27.8 Å². The molecule has 1 rings (SSSR count). The van der Waals surface area contributed by atoms with Crippen LogP contribution < -0.4 is 5.32 Å². The molecule has 0 unspecified atom stereocenters. The molecule has 0 atom stereocenters. The molecule has 0 aliphatic carbocycles. The molecule has 1 N–H and O–H groups in total. The van der Waals surface area contributed by atoms with Crippen molar-refractivity contribution in [2.75, 3.05) is 32.6 Å². The Labute approximate surface area is 106 Å². The molecule has 6 nitrogen and oxygen atoms in total. The highest BCUT2D eigenvalue weighted by atomic mass is 32.2. The zero-order chi connectivity index (χ0) is 12.3. The summed E-state index contributed by atoms with van der Waals surface area (Å²) in [7, 11) is 1.70. The highest BCUT2D eigenvalue weighted by Gasteiger charge is 2.05. The van der Waals surface area contributed by atoms with Crippen molar-refractivity contribution in [2.24, 2.45) is 0 Å². The van der Waals surface area contributed by atoms with E-state index in [0.29, 0.717) is 0 Å². The van der Waals surface area contributed by atoms with Crippen LogP contribution in [0.15, 0.2) is 5.16 Å². The average molecular weight is 259 g/mol. The van der Waals surface area contributed by atoms with Crippen LogP contribution in [-0.4, -0.2) is 52.8 Å². The van der Waals surface area contributed by atoms with Gasteiger partial charge in [-0.1, -0.05) is 25.1 Å². The topological polar surface area (TPSA) is 64.9 Å². The van der Waals surface area contributed by atoms with E-state index in [-0.39, 0.29) is 0 Å². The van der Waals surface area contributed by atoms with E-state index in [1.54, 1.807) is 18.9 Å². The van der Waals surface area contributed by atoms with E-state index in [0.717, 1.165) is 37.2 Å². The van der Waals surface area contributed by atoms with Crippen molar-refractivity contribution in [3.8, 4) is 0 Å². The highest BCUT2D eigenvalue weighted by molar-refractivity contribution is 7.99. The van der Waals surface area contributed by atoms with Crippen LogP contribution >= 0.6 is 11.8 Å². The van der Waals surface area contributed by atoms with E-state index in [1.807, 2.05) is 4.68 Å². The highest BCUT2D eigenvalue weighted by Crippen LogP contribution is 2.14. The van der Waals surface area contributed by atoms with Gasteiger partial charge in [-0.2, -0.15) is 0 Å². The number of unbranched alkanes of at least 4 members (excludes halogenated alkanes) is 1. The predicted octanol–water partition coefficient (Wildman–Crippen LogP) is 0.801. The number of hydrogen-bond donors (Lipinski definition) is 1. The number of aromatic nitrogens is 4. The molecule has 0 saturated carbocycles. The Morgan fingerprint density at radius 1 is 1.41 bits per heavy atom. The van der Waals surface area contributed by atoms with E-state index in [4.69, 9.17) is 4.74 Å². The molecule has 1 aromatic heterocycles. The average Bonchev–Trinajstić information content (AvgIpc) is 2.77. The molecule has 0 aliphatic heterocycles. The summed E-state index contributed by atoms with van der Waals surface area (Å²) in [5.41, 5.74) is 0. The molecule has 0 fully saturated rings. The maximum atomic E-state index is 4.95.